The van der Waals surface area contributed by atoms with E-state index in [0.29, 0.717) is 12.1 Å². The van der Waals surface area contributed by atoms with E-state index < -0.39 is 16.1 Å². The first-order valence-electron chi connectivity index (χ1n) is 10.7. The van der Waals surface area contributed by atoms with E-state index in [0.717, 1.165) is 28.5 Å². The zero-order valence-corrected chi connectivity index (χ0v) is 19.8. The number of aryl methyl sites for hydroxylation is 2. The lowest BCUT2D eigenvalue weighted by atomic mass is 9.98. The summed E-state index contributed by atoms with van der Waals surface area (Å²) in [6, 6.07) is 23.6. The van der Waals surface area contributed by atoms with Crippen LogP contribution in [0.15, 0.2) is 78.9 Å². The summed E-state index contributed by atoms with van der Waals surface area (Å²) in [5.74, 6) is -0.339. The topological polar surface area (TPSA) is 66.5 Å². The van der Waals surface area contributed by atoms with E-state index in [4.69, 9.17) is 0 Å². The summed E-state index contributed by atoms with van der Waals surface area (Å²) in [6.45, 7) is 5.73. The van der Waals surface area contributed by atoms with Gasteiger partial charge in [0.05, 0.1) is 18.0 Å². The molecule has 1 amide bonds. The molecule has 0 bridgehead atoms. The molecule has 0 saturated heterocycles. The molecule has 0 aliphatic rings. The van der Waals surface area contributed by atoms with Crippen molar-refractivity contribution < 1.29 is 13.2 Å². The van der Waals surface area contributed by atoms with Crippen molar-refractivity contribution in [1.29, 1.82) is 0 Å². The van der Waals surface area contributed by atoms with Crippen LogP contribution in [0.25, 0.3) is 0 Å². The van der Waals surface area contributed by atoms with Gasteiger partial charge < -0.3 is 5.32 Å². The van der Waals surface area contributed by atoms with Crippen LogP contribution in [0.2, 0.25) is 0 Å². The van der Waals surface area contributed by atoms with Gasteiger partial charge in [-0.15, -0.1) is 0 Å². The van der Waals surface area contributed by atoms with Crippen LogP contribution in [0.3, 0.4) is 0 Å². The van der Waals surface area contributed by atoms with E-state index >= 15 is 0 Å². The molecule has 168 valence electrons. The average molecular weight is 451 g/mol. The standard InChI is InChI=1S/C26H30N2O3S/c1-5-24(28(32(4,30)31)23-17-16-19(2)20(3)18-23)26(29)27-25(21-12-8-6-9-13-21)22-14-10-7-11-15-22/h6-18,24-25H,5H2,1-4H3,(H,27,29)/t24-/m1/s1. The predicted molar refractivity (Wildman–Crippen MR) is 130 cm³/mol. The Morgan fingerprint density at radius 3 is 1.84 bits per heavy atom. The molecule has 0 saturated carbocycles. The van der Waals surface area contributed by atoms with Crippen LogP contribution in [0.4, 0.5) is 5.69 Å². The lowest BCUT2D eigenvalue weighted by Crippen LogP contribution is -2.50. The molecule has 1 atom stereocenters. The molecule has 3 aromatic carbocycles. The van der Waals surface area contributed by atoms with Crippen LogP contribution in [0, 0.1) is 13.8 Å². The highest BCUT2D eigenvalue weighted by molar-refractivity contribution is 7.92. The highest BCUT2D eigenvalue weighted by atomic mass is 32.2. The molecule has 3 aromatic rings. The summed E-state index contributed by atoms with van der Waals surface area (Å²) in [5, 5.41) is 3.10. The van der Waals surface area contributed by atoms with Gasteiger partial charge in [0, 0.05) is 0 Å². The number of carbonyl (C=O) groups is 1. The molecule has 0 aliphatic carbocycles. The number of benzene rings is 3. The number of rotatable bonds is 8. The van der Waals surface area contributed by atoms with Crippen LogP contribution >= 0.6 is 0 Å². The highest BCUT2D eigenvalue weighted by Gasteiger charge is 2.33. The zero-order chi connectivity index (χ0) is 23.3. The molecule has 5 nitrogen and oxygen atoms in total. The first-order valence-corrected chi connectivity index (χ1v) is 12.5. The van der Waals surface area contributed by atoms with Gasteiger partial charge in [0.25, 0.3) is 0 Å². The summed E-state index contributed by atoms with van der Waals surface area (Å²) in [4.78, 5) is 13.5. The minimum Gasteiger partial charge on any atom is -0.343 e. The molecular weight excluding hydrogens is 420 g/mol. The summed E-state index contributed by atoms with van der Waals surface area (Å²) in [5.41, 5.74) is 4.39. The highest BCUT2D eigenvalue weighted by Crippen LogP contribution is 2.27. The molecule has 6 heteroatoms. The molecule has 0 radical (unpaired) electrons. The fraction of sp³-hybridized carbons (Fsp3) is 0.269. The van der Waals surface area contributed by atoms with Crippen molar-refractivity contribution in [1.82, 2.24) is 5.32 Å². The van der Waals surface area contributed by atoms with Crippen LogP contribution < -0.4 is 9.62 Å². The number of nitrogens with zero attached hydrogens (tertiary/aromatic N) is 1. The number of hydrogen-bond donors (Lipinski definition) is 1. The van der Waals surface area contributed by atoms with Gasteiger partial charge in [0.1, 0.15) is 6.04 Å². The number of anilines is 1. The fourth-order valence-electron chi connectivity index (χ4n) is 3.81. The van der Waals surface area contributed by atoms with Crippen molar-refractivity contribution in [2.24, 2.45) is 0 Å². The average Bonchev–Trinajstić information content (AvgIpc) is 2.78. The third-order valence-electron chi connectivity index (χ3n) is 5.63. The van der Waals surface area contributed by atoms with Crippen molar-refractivity contribution in [3.8, 4) is 0 Å². The maximum Gasteiger partial charge on any atom is 0.244 e. The Balaban J connectivity index is 2.00. The minimum absolute atomic E-state index is 0.335. The van der Waals surface area contributed by atoms with Crippen LogP contribution in [-0.4, -0.2) is 26.6 Å². The van der Waals surface area contributed by atoms with E-state index in [9.17, 15) is 13.2 Å². The van der Waals surface area contributed by atoms with Gasteiger partial charge in [-0.05, 0) is 54.7 Å². The van der Waals surface area contributed by atoms with Crippen LogP contribution in [0.1, 0.15) is 41.6 Å². The number of carbonyl (C=O) groups excluding carboxylic acids is 1. The number of nitrogens with one attached hydrogen (secondary N) is 1. The second-order valence-electron chi connectivity index (χ2n) is 8.01. The first kappa shape index (κ1) is 23.5. The second-order valence-corrected chi connectivity index (χ2v) is 9.87. The van der Waals surface area contributed by atoms with Crippen LogP contribution in [0.5, 0.6) is 0 Å². The maximum atomic E-state index is 13.5. The van der Waals surface area contributed by atoms with Crippen molar-refractivity contribution in [2.45, 2.75) is 39.3 Å². The SMILES string of the molecule is CC[C@H](C(=O)NC(c1ccccc1)c1ccccc1)N(c1ccc(C)c(C)c1)S(C)(=O)=O. The number of amides is 1. The molecule has 0 aromatic heterocycles. The Kier molecular flexibility index (Phi) is 7.36. The fourth-order valence-corrected chi connectivity index (χ4v) is 5.02. The van der Waals surface area contributed by atoms with Crippen molar-refractivity contribution >= 4 is 21.6 Å². The van der Waals surface area contributed by atoms with E-state index in [-0.39, 0.29) is 11.9 Å². The molecule has 0 unspecified atom stereocenters. The van der Waals surface area contributed by atoms with E-state index in [1.54, 1.807) is 6.07 Å². The molecule has 0 aliphatic heterocycles. The summed E-state index contributed by atoms with van der Waals surface area (Å²) in [6.07, 6.45) is 1.48. The molecule has 32 heavy (non-hydrogen) atoms. The zero-order valence-electron chi connectivity index (χ0n) is 18.9. The Labute approximate surface area is 191 Å². The molecule has 0 spiro atoms. The van der Waals surface area contributed by atoms with E-state index in [2.05, 4.69) is 5.32 Å². The number of sulfonamides is 1. The predicted octanol–water partition coefficient (Wildman–Crippen LogP) is 4.75. The quantitative estimate of drug-likeness (QED) is 0.538. The Bertz CT molecular complexity index is 1120. The van der Waals surface area contributed by atoms with Crippen molar-refractivity contribution in [3.63, 3.8) is 0 Å². The third-order valence-corrected chi connectivity index (χ3v) is 6.81. The first-order chi connectivity index (χ1) is 15.2. The number of hydrogen-bond acceptors (Lipinski definition) is 3. The monoisotopic (exact) mass is 450 g/mol. The summed E-state index contributed by atoms with van der Waals surface area (Å²) >= 11 is 0. The molecule has 1 N–H and O–H groups in total. The largest absolute Gasteiger partial charge is 0.343 e. The van der Waals surface area contributed by atoms with Crippen molar-refractivity contribution in [3.05, 3.63) is 101 Å². The maximum absolute atomic E-state index is 13.5. The van der Waals surface area contributed by atoms with E-state index in [1.165, 1.54) is 4.31 Å². The third kappa shape index (κ3) is 5.37. The molecule has 0 heterocycles. The minimum atomic E-state index is -3.70. The van der Waals surface area contributed by atoms with Gasteiger partial charge in [-0.1, -0.05) is 73.7 Å². The van der Waals surface area contributed by atoms with Gasteiger partial charge in [0.15, 0.2) is 0 Å². The van der Waals surface area contributed by atoms with Gasteiger partial charge in [-0.2, -0.15) is 0 Å². The lowest BCUT2D eigenvalue weighted by molar-refractivity contribution is -0.122. The summed E-state index contributed by atoms with van der Waals surface area (Å²) < 4.78 is 26.8. The smallest absolute Gasteiger partial charge is 0.244 e. The lowest BCUT2D eigenvalue weighted by Gasteiger charge is -2.32. The Hall–Kier alpha value is -3.12. The van der Waals surface area contributed by atoms with Gasteiger partial charge in [-0.3, -0.25) is 9.10 Å². The van der Waals surface area contributed by atoms with Crippen LogP contribution in [-0.2, 0) is 14.8 Å². The Morgan fingerprint density at radius 1 is 0.875 bits per heavy atom. The molecule has 0 fully saturated rings. The van der Waals surface area contributed by atoms with Crippen molar-refractivity contribution in [2.75, 3.05) is 10.6 Å². The van der Waals surface area contributed by atoms with E-state index in [1.807, 2.05) is 93.6 Å². The molecular formula is C26H30N2O3S. The normalized spacial score (nSPS) is 12.4. The summed E-state index contributed by atoms with van der Waals surface area (Å²) in [7, 11) is -3.70. The Morgan fingerprint density at radius 2 is 1.41 bits per heavy atom. The van der Waals surface area contributed by atoms with Gasteiger partial charge in [-0.25, -0.2) is 8.42 Å². The molecule has 3 rings (SSSR count). The van der Waals surface area contributed by atoms with Gasteiger partial charge >= 0.3 is 0 Å². The second kappa shape index (κ2) is 10.0. The van der Waals surface area contributed by atoms with Gasteiger partial charge in [0.2, 0.25) is 15.9 Å².